The number of hydrogen-bond donors (Lipinski definition) is 0. The first kappa shape index (κ1) is 36.5. The average molecular weight is 763 g/mol. The Bertz CT molecular complexity index is 2960. The van der Waals surface area contributed by atoms with Crippen molar-refractivity contribution in [3.05, 3.63) is 255 Å². The van der Waals surface area contributed by atoms with Gasteiger partial charge in [-0.25, -0.2) is 0 Å². The van der Waals surface area contributed by atoms with Crippen molar-refractivity contribution in [1.29, 1.82) is 0 Å². The molecule has 0 unspecified atom stereocenters. The van der Waals surface area contributed by atoms with Crippen LogP contribution in [0.1, 0.15) is 0 Å². The normalized spacial score (nSPS) is 11.0. The Morgan fingerprint density at radius 3 is 0.367 bits per heavy atom. The molecule has 0 fully saturated rings. The van der Waals surface area contributed by atoms with Crippen LogP contribution in [0.5, 0.6) is 0 Å². The molecular weight excluding hydrogens is 721 g/mol. The Morgan fingerprint density at radius 1 is 0.100 bits per heavy atom. The molecule has 0 radical (unpaired) electrons. The highest BCUT2D eigenvalue weighted by Crippen LogP contribution is 2.36. The third-order valence-electron chi connectivity index (χ3n) is 11.6. The molecule has 0 heteroatoms. The van der Waals surface area contributed by atoms with E-state index in [0.717, 1.165) is 0 Å². The lowest BCUT2D eigenvalue weighted by Gasteiger charge is -2.13. The predicted octanol–water partition coefficient (Wildman–Crippen LogP) is 16.7. The molecule has 10 aromatic rings. The third kappa shape index (κ3) is 7.88. The second-order valence-electron chi connectivity index (χ2n) is 15.4. The lowest BCUT2D eigenvalue weighted by molar-refractivity contribution is 1.54. The first-order valence-corrected chi connectivity index (χ1v) is 20.6. The predicted molar refractivity (Wildman–Crippen MR) is 255 cm³/mol. The van der Waals surface area contributed by atoms with Crippen molar-refractivity contribution in [3.63, 3.8) is 0 Å². The summed E-state index contributed by atoms with van der Waals surface area (Å²) in [6.45, 7) is 0. The van der Waals surface area contributed by atoms with Gasteiger partial charge in [0, 0.05) is 0 Å². The second-order valence-corrected chi connectivity index (χ2v) is 15.4. The summed E-state index contributed by atoms with van der Waals surface area (Å²) in [4.78, 5) is 0. The van der Waals surface area contributed by atoms with Crippen molar-refractivity contribution in [2.45, 2.75) is 0 Å². The van der Waals surface area contributed by atoms with Crippen LogP contribution in [0.4, 0.5) is 0 Å². The fraction of sp³-hybridized carbons (Fsp3) is 0. The molecule has 0 amide bonds. The van der Waals surface area contributed by atoms with E-state index in [1.165, 1.54) is 100 Å². The van der Waals surface area contributed by atoms with E-state index in [1.54, 1.807) is 0 Å². The Kier molecular flexibility index (Phi) is 10.1. The topological polar surface area (TPSA) is 0 Å². The van der Waals surface area contributed by atoms with E-state index in [2.05, 4.69) is 255 Å². The summed E-state index contributed by atoms with van der Waals surface area (Å²) in [5.41, 5.74) is 21.8. The van der Waals surface area contributed by atoms with E-state index in [9.17, 15) is 0 Å². The highest BCUT2D eigenvalue weighted by Gasteiger charge is 2.11. The van der Waals surface area contributed by atoms with Crippen LogP contribution in [0.25, 0.3) is 100 Å². The number of benzene rings is 10. The zero-order valence-corrected chi connectivity index (χ0v) is 33.2. The van der Waals surface area contributed by atoms with Crippen LogP contribution in [-0.4, -0.2) is 0 Å². The van der Waals surface area contributed by atoms with Gasteiger partial charge >= 0.3 is 0 Å². The fourth-order valence-corrected chi connectivity index (χ4v) is 8.15. The summed E-state index contributed by atoms with van der Waals surface area (Å²) in [5.74, 6) is 0. The highest BCUT2D eigenvalue weighted by molar-refractivity contribution is 5.84. The fourth-order valence-electron chi connectivity index (χ4n) is 8.15. The summed E-state index contributed by atoms with van der Waals surface area (Å²) >= 11 is 0. The van der Waals surface area contributed by atoms with E-state index in [0.29, 0.717) is 0 Å². The monoisotopic (exact) mass is 762 g/mol. The van der Waals surface area contributed by atoms with Gasteiger partial charge in [-0.1, -0.05) is 237 Å². The van der Waals surface area contributed by atoms with Gasteiger partial charge in [0.1, 0.15) is 0 Å². The molecule has 0 aliphatic carbocycles. The molecule has 0 aromatic heterocycles. The maximum atomic E-state index is 2.33. The molecule has 60 heavy (non-hydrogen) atoms. The molecule has 282 valence electrons. The Morgan fingerprint density at radius 2 is 0.217 bits per heavy atom. The van der Waals surface area contributed by atoms with Crippen molar-refractivity contribution >= 4 is 0 Å². The van der Waals surface area contributed by atoms with Crippen molar-refractivity contribution in [1.82, 2.24) is 0 Å². The molecule has 0 N–H and O–H groups in total. The standard InChI is InChI=1S/C60H42/c1-4-10-43(11-5-1)46-16-20-49(21-17-46)51-24-26-52(27-25-51)54-32-38-57(39-33-54)60-41-58(55-34-28-48(29-35-55)45-14-8-3-9-15-45)40-59(42-60)56-36-30-53(31-37-56)50-22-18-47(19-23-50)44-12-6-2-7-13-44/h1-42H. The maximum absolute atomic E-state index is 2.33. The summed E-state index contributed by atoms with van der Waals surface area (Å²) in [5, 5.41) is 0. The van der Waals surface area contributed by atoms with E-state index >= 15 is 0 Å². The van der Waals surface area contributed by atoms with Crippen LogP contribution in [0.3, 0.4) is 0 Å². The third-order valence-corrected chi connectivity index (χ3v) is 11.6. The number of hydrogen-bond acceptors (Lipinski definition) is 0. The Labute approximate surface area is 353 Å². The van der Waals surface area contributed by atoms with E-state index in [-0.39, 0.29) is 0 Å². The van der Waals surface area contributed by atoms with Gasteiger partial charge in [0.2, 0.25) is 0 Å². The molecule has 0 saturated heterocycles. The lowest BCUT2D eigenvalue weighted by atomic mass is 9.91. The molecule has 0 aliphatic heterocycles. The maximum Gasteiger partial charge on any atom is -0.0172 e. The molecule has 0 spiro atoms. The lowest BCUT2D eigenvalue weighted by Crippen LogP contribution is -1.88. The van der Waals surface area contributed by atoms with Crippen LogP contribution < -0.4 is 0 Å². The van der Waals surface area contributed by atoms with Gasteiger partial charge in [0.25, 0.3) is 0 Å². The van der Waals surface area contributed by atoms with Gasteiger partial charge in [-0.15, -0.1) is 0 Å². The van der Waals surface area contributed by atoms with Gasteiger partial charge < -0.3 is 0 Å². The van der Waals surface area contributed by atoms with Crippen molar-refractivity contribution in [3.8, 4) is 100 Å². The molecular formula is C60H42. The molecule has 10 rings (SSSR count). The zero-order valence-electron chi connectivity index (χ0n) is 33.2. The van der Waals surface area contributed by atoms with Crippen LogP contribution in [0, 0.1) is 0 Å². The van der Waals surface area contributed by atoms with Crippen molar-refractivity contribution in [2.24, 2.45) is 0 Å². The molecule has 0 bridgehead atoms. The van der Waals surface area contributed by atoms with Crippen LogP contribution in [0.15, 0.2) is 255 Å². The van der Waals surface area contributed by atoms with Gasteiger partial charge in [0.15, 0.2) is 0 Å². The average Bonchev–Trinajstić information content (AvgIpc) is 3.35. The molecule has 0 saturated carbocycles. The molecule has 0 heterocycles. The minimum Gasteiger partial charge on any atom is -0.0622 e. The van der Waals surface area contributed by atoms with E-state index in [4.69, 9.17) is 0 Å². The SMILES string of the molecule is c1ccc(-c2ccc(-c3ccc(-c4ccc(-c5cc(-c6ccc(-c7ccccc7)cc6)cc(-c6ccc(-c7ccc(-c8ccccc8)cc7)cc6)c5)cc4)cc3)cc2)cc1. The van der Waals surface area contributed by atoms with Crippen LogP contribution in [-0.2, 0) is 0 Å². The minimum absolute atomic E-state index is 1.19. The zero-order chi connectivity index (χ0) is 40.1. The first-order valence-electron chi connectivity index (χ1n) is 20.6. The van der Waals surface area contributed by atoms with E-state index in [1.807, 2.05) is 0 Å². The minimum atomic E-state index is 1.19. The molecule has 0 aliphatic rings. The van der Waals surface area contributed by atoms with Crippen molar-refractivity contribution in [2.75, 3.05) is 0 Å². The van der Waals surface area contributed by atoms with Crippen molar-refractivity contribution < 1.29 is 0 Å². The summed E-state index contributed by atoms with van der Waals surface area (Å²) in [7, 11) is 0. The summed E-state index contributed by atoms with van der Waals surface area (Å²) in [6, 6.07) is 92.2. The van der Waals surface area contributed by atoms with Gasteiger partial charge in [-0.3, -0.25) is 0 Å². The molecule has 0 atom stereocenters. The van der Waals surface area contributed by atoms with Gasteiger partial charge in [0.05, 0.1) is 0 Å². The second kappa shape index (κ2) is 16.6. The first-order chi connectivity index (χ1) is 29.7. The van der Waals surface area contributed by atoms with E-state index < -0.39 is 0 Å². The highest BCUT2D eigenvalue weighted by atomic mass is 14.1. The largest absolute Gasteiger partial charge is 0.0622 e. The molecule has 10 aromatic carbocycles. The van der Waals surface area contributed by atoms with Gasteiger partial charge in [-0.05, 0) is 118 Å². The Balaban J connectivity index is 0.935. The molecule has 0 nitrogen and oxygen atoms in total. The smallest absolute Gasteiger partial charge is 0.0172 e. The van der Waals surface area contributed by atoms with Gasteiger partial charge in [-0.2, -0.15) is 0 Å². The van der Waals surface area contributed by atoms with Crippen LogP contribution >= 0.6 is 0 Å². The summed E-state index contributed by atoms with van der Waals surface area (Å²) in [6.07, 6.45) is 0. The quantitative estimate of drug-likeness (QED) is 0.137. The summed E-state index contributed by atoms with van der Waals surface area (Å²) < 4.78 is 0. The van der Waals surface area contributed by atoms with Crippen LogP contribution in [0.2, 0.25) is 0 Å². The number of rotatable bonds is 9. The Hall–Kier alpha value is -7.80.